The van der Waals surface area contributed by atoms with Crippen molar-refractivity contribution in [1.29, 1.82) is 0 Å². The van der Waals surface area contributed by atoms with Gasteiger partial charge in [-0.15, -0.1) is 0 Å². The van der Waals surface area contributed by atoms with E-state index in [9.17, 15) is 4.79 Å². The molecule has 3 aromatic rings. The molecule has 2 aromatic carbocycles. The Morgan fingerprint density at radius 1 is 1.03 bits per heavy atom. The second kappa shape index (κ2) is 8.78. The standard InChI is InChI=1S/C24H23N3O3/c1-17-7-5-8-18(2)23(17)30-24(28)27-11-3-4-12-29-21-10-6-9-19(14-21)13-20-15-22(27)26-16-25-20/h3-10,14-16H,11-13H2,1-2H3/b4-3+. The van der Waals surface area contributed by atoms with Crippen LogP contribution in [0.4, 0.5) is 10.6 Å². The zero-order valence-electron chi connectivity index (χ0n) is 17.0. The van der Waals surface area contributed by atoms with Gasteiger partial charge >= 0.3 is 6.09 Å². The Labute approximate surface area is 175 Å². The van der Waals surface area contributed by atoms with Gasteiger partial charge in [0, 0.05) is 19.0 Å². The molecule has 1 amide bonds. The molecule has 4 bridgehead atoms. The van der Waals surface area contributed by atoms with Crippen molar-refractivity contribution in [2.75, 3.05) is 18.1 Å². The lowest BCUT2D eigenvalue weighted by atomic mass is 10.1. The first kappa shape index (κ1) is 19.6. The van der Waals surface area contributed by atoms with Crippen LogP contribution < -0.4 is 14.4 Å². The molecule has 0 atom stereocenters. The molecule has 152 valence electrons. The van der Waals surface area contributed by atoms with E-state index in [1.165, 1.54) is 11.2 Å². The van der Waals surface area contributed by atoms with Crippen molar-refractivity contribution in [2.45, 2.75) is 20.3 Å². The average Bonchev–Trinajstić information content (AvgIpc) is 2.74. The lowest BCUT2D eigenvalue weighted by molar-refractivity contribution is 0.207. The van der Waals surface area contributed by atoms with Crippen molar-refractivity contribution in [2.24, 2.45) is 0 Å². The average molecular weight is 401 g/mol. The number of carbonyl (C=O) groups is 1. The zero-order chi connectivity index (χ0) is 20.9. The van der Waals surface area contributed by atoms with Gasteiger partial charge in [0.1, 0.15) is 30.3 Å². The van der Waals surface area contributed by atoms with Crippen LogP contribution in [0.15, 0.2) is 67.0 Å². The number of carbonyl (C=O) groups excluding carboxylic acids is 1. The third-order valence-electron chi connectivity index (χ3n) is 4.89. The molecule has 0 N–H and O–H groups in total. The Morgan fingerprint density at radius 3 is 2.67 bits per heavy atom. The van der Waals surface area contributed by atoms with E-state index in [1.807, 2.05) is 74.5 Å². The first-order valence-corrected chi connectivity index (χ1v) is 9.83. The molecule has 30 heavy (non-hydrogen) atoms. The predicted octanol–water partition coefficient (Wildman–Crippen LogP) is 4.64. The zero-order valence-corrected chi connectivity index (χ0v) is 17.0. The summed E-state index contributed by atoms with van der Waals surface area (Å²) in [6, 6.07) is 15.5. The number of fused-ring (bicyclic) bond motifs is 4. The van der Waals surface area contributed by atoms with Gasteiger partial charge in [-0.2, -0.15) is 0 Å². The molecule has 2 heterocycles. The number of rotatable bonds is 1. The molecule has 4 rings (SSSR count). The SMILES string of the molecule is Cc1cccc(C)c1OC(=O)N1C/C=C/COc2cccc(c2)Cc2cc1ncn2. The van der Waals surface area contributed by atoms with Gasteiger partial charge in [0.2, 0.25) is 0 Å². The van der Waals surface area contributed by atoms with Crippen LogP contribution in [0.1, 0.15) is 22.4 Å². The van der Waals surface area contributed by atoms with Gasteiger partial charge in [-0.3, -0.25) is 4.90 Å². The predicted molar refractivity (Wildman–Crippen MR) is 115 cm³/mol. The number of hydrogen-bond acceptors (Lipinski definition) is 5. The monoisotopic (exact) mass is 401 g/mol. The van der Waals surface area contributed by atoms with Crippen molar-refractivity contribution in [3.8, 4) is 11.5 Å². The normalized spacial score (nSPS) is 14.5. The van der Waals surface area contributed by atoms with Gasteiger partial charge in [0.25, 0.3) is 0 Å². The van der Waals surface area contributed by atoms with Crippen LogP contribution >= 0.6 is 0 Å². The Bertz CT molecular complexity index is 1070. The van der Waals surface area contributed by atoms with E-state index >= 15 is 0 Å². The number of aryl methyl sites for hydroxylation is 2. The minimum absolute atomic E-state index is 0.307. The highest BCUT2D eigenvalue weighted by Gasteiger charge is 2.21. The van der Waals surface area contributed by atoms with Gasteiger partial charge < -0.3 is 9.47 Å². The molecule has 1 aliphatic heterocycles. The Balaban J connectivity index is 1.66. The van der Waals surface area contributed by atoms with Crippen LogP contribution in [-0.4, -0.2) is 29.2 Å². The molecule has 0 radical (unpaired) electrons. The molecular formula is C24H23N3O3. The van der Waals surface area contributed by atoms with Gasteiger partial charge in [-0.1, -0.05) is 36.4 Å². The highest BCUT2D eigenvalue weighted by atomic mass is 16.6. The number of anilines is 1. The maximum absolute atomic E-state index is 13.1. The van der Waals surface area contributed by atoms with Crippen molar-refractivity contribution in [1.82, 2.24) is 9.97 Å². The highest BCUT2D eigenvalue weighted by molar-refractivity contribution is 5.88. The first-order valence-electron chi connectivity index (χ1n) is 9.83. The maximum Gasteiger partial charge on any atom is 0.421 e. The number of hydrogen-bond donors (Lipinski definition) is 0. The van der Waals surface area contributed by atoms with Crippen LogP contribution in [0.2, 0.25) is 0 Å². The summed E-state index contributed by atoms with van der Waals surface area (Å²) in [7, 11) is 0. The highest BCUT2D eigenvalue weighted by Crippen LogP contribution is 2.25. The summed E-state index contributed by atoms with van der Waals surface area (Å²) >= 11 is 0. The molecular weight excluding hydrogens is 378 g/mol. The summed E-state index contributed by atoms with van der Waals surface area (Å²) in [5.74, 6) is 1.87. The Hall–Kier alpha value is -3.67. The largest absolute Gasteiger partial charge is 0.490 e. The number of ether oxygens (including phenoxy) is 2. The minimum Gasteiger partial charge on any atom is -0.490 e. The molecule has 0 fully saturated rings. The van der Waals surface area contributed by atoms with Crippen LogP contribution in [0.3, 0.4) is 0 Å². The van der Waals surface area contributed by atoms with E-state index in [0.717, 1.165) is 28.1 Å². The second-order valence-electron chi connectivity index (χ2n) is 7.17. The fourth-order valence-corrected chi connectivity index (χ4v) is 3.34. The third kappa shape index (κ3) is 4.49. The summed E-state index contributed by atoms with van der Waals surface area (Å²) < 4.78 is 11.5. The van der Waals surface area contributed by atoms with E-state index in [4.69, 9.17) is 9.47 Å². The fourth-order valence-electron chi connectivity index (χ4n) is 3.34. The summed E-state index contributed by atoms with van der Waals surface area (Å²) in [4.78, 5) is 23.3. The lowest BCUT2D eigenvalue weighted by Gasteiger charge is -2.21. The molecule has 6 heteroatoms. The summed E-state index contributed by atoms with van der Waals surface area (Å²) in [5, 5.41) is 0. The number of benzene rings is 2. The van der Waals surface area contributed by atoms with Crippen molar-refractivity contribution in [3.63, 3.8) is 0 Å². The third-order valence-corrected chi connectivity index (χ3v) is 4.89. The minimum atomic E-state index is -0.488. The van der Waals surface area contributed by atoms with Crippen molar-refractivity contribution in [3.05, 3.63) is 89.4 Å². The quantitative estimate of drug-likeness (QED) is 0.556. The molecule has 0 spiro atoms. The molecule has 1 aliphatic rings. The van der Waals surface area contributed by atoms with Crippen LogP contribution in [-0.2, 0) is 6.42 Å². The van der Waals surface area contributed by atoms with E-state index in [2.05, 4.69) is 9.97 Å². The number of nitrogens with zero attached hydrogens (tertiary/aromatic N) is 3. The van der Waals surface area contributed by atoms with Crippen LogP contribution in [0, 0.1) is 13.8 Å². The summed E-state index contributed by atoms with van der Waals surface area (Å²) in [5.41, 5.74) is 3.69. The maximum atomic E-state index is 13.1. The molecule has 0 aliphatic carbocycles. The van der Waals surface area contributed by atoms with Crippen molar-refractivity contribution < 1.29 is 14.3 Å². The number of para-hydroxylation sites is 1. The Kier molecular flexibility index (Phi) is 5.75. The van der Waals surface area contributed by atoms with Crippen molar-refractivity contribution >= 4 is 11.9 Å². The second-order valence-corrected chi connectivity index (χ2v) is 7.17. The Morgan fingerprint density at radius 2 is 1.83 bits per heavy atom. The van der Waals surface area contributed by atoms with E-state index in [0.29, 0.717) is 31.1 Å². The smallest absolute Gasteiger partial charge is 0.421 e. The first-order chi connectivity index (χ1) is 14.6. The van der Waals surface area contributed by atoms with Crippen LogP contribution in [0.25, 0.3) is 0 Å². The van der Waals surface area contributed by atoms with E-state index in [-0.39, 0.29) is 0 Å². The molecule has 6 nitrogen and oxygen atoms in total. The molecule has 0 saturated carbocycles. The molecule has 0 saturated heterocycles. The van der Waals surface area contributed by atoms with Gasteiger partial charge in [0.05, 0.1) is 5.69 Å². The number of amides is 1. The summed E-state index contributed by atoms with van der Waals surface area (Å²) in [6.45, 7) is 4.56. The van der Waals surface area contributed by atoms with Gasteiger partial charge in [-0.25, -0.2) is 14.8 Å². The molecule has 0 unspecified atom stereocenters. The topological polar surface area (TPSA) is 64.5 Å². The van der Waals surface area contributed by atoms with E-state index in [1.54, 1.807) is 0 Å². The van der Waals surface area contributed by atoms with Gasteiger partial charge in [-0.05, 0) is 48.7 Å². The fraction of sp³-hybridized carbons (Fsp3) is 0.208. The number of aromatic nitrogens is 2. The molecule has 1 aromatic heterocycles. The van der Waals surface area contributed by atoms with Crippen LogP contribution in [0.5, 0.6) is 11.5 Å². The summed E-state index contributed by atoms with van der Waals surface area (Å²) in [6.07, 6.45) is 5.35. The van der Waals surface area contributed by atoms with E-state index < -0.39 is 6.09 Å². The van der Waals surface area contributed by atoms with Gasteiger partial charge in [0.15, 0.2) is 0 Å². The lowest BCUT2D eigenvalue weighted by Crippen LogP contribution is -2.35.